The van der Waals surface area contributed by atoms with E-state index in [1.165, 1.54) is 134 Å². The Labute approximate surface area is 200 Å². The fourth-order valence-electron chi connectivity index (χ4n) is 5.21. The molecular weight excluding hydrogens is 449 g/mol. The third-order valence-corrected chi connectivity index (χ3v) is 18.0. The molecular formula is C27H59BrNP. The summed E-state index contributed by atoms with van der Waals surface area (Å²) in [7, 11) is 0. The van der Waals surface area contributed by atoms with E-state index in [1.54, 1.807) is 0 Å². The molecule has 0 aromatic carbocycles. The zero-order valence-electron chi connectivity index (χ0n) is 21.8. The standard InChI is InChI=1S/C27H59BrNP/c1-6-11-14-15-16-17-18-19-20-21-23-29-27(22-9-4)30(28,24-10-5,25-12-7-2)26-13-8-3/h27,29H,6-26H2,1-5H3. The molecule has 0 aliphatic heterocycles. The van der Waals surface area contributed by atoms with E-state index >= 15 is 0 Å². The van der Waals surface area contributed by atoms with E-state index in [-0.39, 0.29) is 0 Å². The second-order valence-electron chi connectivity index (χ2n) is 9.99. The van der Waals surface area contributed by atoms with Crippen molar-refractivity contribution in [1.29, 1.82) is 0 Å². The minimum absolute atomic E-state index is 0.734. The predicted molar refractivity (Wildman–Crippen MR) is 149 cm³/mol. The number of rotatable bonds is 23. The summed E-state index contributed by atoms with van der Waals surface area (Å²) in [6.45, 7) is 13.1. The molecule has 0 fully saturated rings. The van der Waals surface area contributed by atoms with Crippen LogP contribution in [-0.2, 0) is 0 Å². The van der Waals surface area contributed by atoms with E-state index in [2.05, 4.69) is 55.4 Å². The van der Waals surface area contributed by atoms with E-state index in [1.807, 2.05) is 0 Å². The molecule has 0 aromatic heterocycles. The molecule has 0 aliphatic rings. The summed E-state index contributed by atoms with van der Waals surface area (Å²) in [5.74, 6) is 0.734. The van der Waals surface area contributed by atoms with Gasteiger partial charge in [-0.25, -0.2) is 0 Å². The molecule has 0 saturated carbocycles. The molecule has 0 radical (unpaired) electrons. The van der Waals surface area contributed by atoms with Crippen molar-refractivity contribution in [1.82, 2.24) is 5.32 Å². The molecule has 0 aliphatic carbocycles. The van der Waals surface area contributed by atoms with Gasteiger partial charge in [0, 0.05) is 0 Å². The van der Waals surface area contributed by atoms with Crippen LogP contribution in [0.3, 0.4) is 0 Å². The Kier molecular flexibility index (Phi) is 19.9. The van der Waals surface area contributed by atoms with Crippen molar-refractivity contribution in [2.75, 3.05) is 25.0 Å². The molecule has 30 heavy (non-hydrogen) atoms. The average Bonchev–Trinajstić information content (AvgIpc) is 2.74. The van der Waals surface area contributed by atoms with Gasteiger partial charge < -0.3 is 0 Å². The van der Waals surface area contributed by atoms with Gasteiger partial charge in [-0.15, -0.1) is 0 Å². The van der Waals surface area contributed by atoms with Gasteiger partial charge in [-0.2, -0.15) is 0 Å². The normalized spacial score (nSPS) is 14.5. The number of hydrogen-bond acceptors (Lipinski definition) is 1. The number of hydrogen-bond donors (Lipinski definition) is 1. The molecule has 0 aromatic rings. The van der Waals surface area contributed by atoms with E-state index in [0.29, 0.717) is 0 Å². The summed E-state index contributed by atoms with van der Waals surface area (Å²) in [5.41, 5.74) is 0. The Morgan fingerprint density at radius 3 is 1.43 bits per heavy atom. The van der Waals surface area contributed by atoms with Gasteiger partial charge in [-0.05, 0) is 0 Å². The molecule has 0 heterocycles. The van der Waals surface area contributed by atoms with Crippen molar-refractivity contribution in [2.45, 2.75) is 150 Å². The van der Waals surface area contributed by atoms with Crippen LogP contribution in [0.25, 0.3) is 0 Å². The first-order valence-electron chi connectivity index (χ1n) is 14.0. The van der Waals surface area contributed by atoms with Crippen LogP contribution >= 0.6 is 20.8 Å². The first-order valence-corrected chi connectivity index (χ1v) is 18.8. The van der Waals surface area contributed by atoms with Crippen molar-refractivity contribution < 1.29 is 0 Å². The van der Waals surface area contributed by atoms with Crippen LogP contribution in [-0.4, -0.2) is 30.8 Å². The van der Waals surface area contributed by atoms with Crippen molar-refractivity contribution in [2.24, 2.45) is 0 Å². The van der Waals surface area contributed by atoms with Crippen LogP contribution in [0.1, 0.15) is 144 Å². The average molecular weight is 509 g/mol. The quantitative estimate of drug-likeness (QED) is 0.107. The second-order valence-corrected chi connectivity index (χ2v) is 21.0. The Balaban J connectivity index is 4.58. The molecule has 0 spiro atoms. The molecule has 1 N–H and O–H groups in total. The van der Waals surface area contributed by atoms with Gasteiger partial charge in [0.25, 0.3) is 0 Å². The van der Waals surface area contributed by atoms with Gasteiger partial charge >= 0.3 is 187 Å². The van der Waals surface area contributed by atoms with Crippen LogP contribution in [0.5, 0.6) is 0 Å². The molecule has 1 unspecified atom stereocenters. The summed E-state index contributed by atoms with van der Waals surface area (Å²) < 4.78 is 0. The number of unbranched alkanes of at least 4 members (excludes halogenated alkanes) is 11. The van der Waals surface area contributed by atoms with Crippen LogP contribution < -0.4 is 5.32 Å². The molecule has 1 atom stereocenters. The summed E-state index contributed by atoms with van der Waals surface area (Å²) >= 11 is 4.62. The minimum atomic E-state index is -1.88. The van der Waals surface area contributed by atoms with Gasteiger partial charge in [-0.1, -0.05) is 13.3 Å². The summed E-state index contributed by atoms with van der Waals surface area (Å²) in [6, 6.07) is 0. The van der Waals surface area contributed by atoms with Crippen molar-refractivity contribution in [3.8, 4) is 0 Å². The number of halogens is 1. The van der Waals surface area contributed by atoms with Gasteiger partial charge in [-0.3, -0.25) is 0 Å². The molecule has 1 nitrogen and oxygen atoms in total. The van der Waals surface area contributed by atoms with E-state index in [4.69, 9.17) is 0 Å². The predicted octanol–water partition coefficient (Wildman–Crippen LogP) is 10.5. The third-order valence-electron chi connectivity index (χ3n) is 7.09. The van der Waals surface area contributed by atoms with Gasteiger partial charge in [0.15, 0.2) is 0 Å². The van der Waals surface area contributed by atoms with Crippen LogP contribution in [0.15, 0.2) is 0 Å². The van der Waals surface area contributed by atoms with E-state index < -0.39 is 5.31 Å². The SMILES string of the molecule is CCCCCCCCCCCCNC(CCC)P(Br)(CCC)(CCCC)CCCC. The van der Waals surface area contributed by atoms with Crippen molar-refractivity contribution in [3.63, 3.8) is 0 Å². The second kappa shape index (κ2) is 19.3. The maximum atomic E-state index is 4.62. The van der Waals surface area contributed by atoms with Crippen LogP contribution in [0.2, 0.25) is 0 Å². The molecule has 0 amide bonds. The fourth-order valence-corrected chi connectivity index (χ4v) is 15.1. The Hall–Kier alpha value is 0.870. The summed E-state index contributed by atoms with van der Waals surface area (Å²) in [4.78, 5) is 0. The Bertz CT molecular complexity index is 366. The molecule has 0 rings (SSSR count). The Morgan fingerprint density at radius 2 is 1.00 bits per heavy atom. The van der Waals surface area contributed by atoms with E-state index in [0.717, 1.165) is 5.78 Å². The summed E-state index contributed by atoms with van der Waals surface area (Å²) in [6.07, 6.45) is 28.1. The van der Waals surface area contributed by atoms with Gasteiger partial charge in [0.2, 0.25) is 0 Å². The first kappa shape index (κ1) is 30.9. The van der Waals surface area contributed by atoms with E-state index in [9.17, 15) is 0 Å². The van der Waals surface area contributed by atoms with Crippen molar-refractivity contribution in [3.05, 3.63) is 0 Å². The van der Waals surface area contributed by atoms with Gasteiger partial charge in [0.1, 0.15) is 0 Å². The van der Waals surface area contributed by atoms with Crippen LogP contribution in [0, 0.1) is 0 Å². The Morgan fingerprint density at radius 1 is 0.533 bits per heavy atom. The first-order chi connectivity index (χ1) is 14.5. The number of nitrogens with one attached hydrogen (secondary N) is 1. The van der Waals surface area contributed by atoms with Crippen LogP contribution in [0.4, 0.5) is 0 Å². The fraction of sp³-hybridized carbons (Fsp3) is 1.00. The molecule has 0 bridgehead atoms. The molecule has 0 saturated heterocycles. The summed E-state index contributed by atoms with van der Waals surface area (Å²) in [5, 5.41) is 2.26. The zero-order chi connectivity index (χ0) is 22.6. The zero-order valence-corrected chi connectivity index (χ0v) is 24.2. The maximum absolute atomic E-state index is 4.62. The monoisotopic (exact) mass is 507 g/mol. The van der Waals surface area contributed by atoms with Gasteiger partial charge in [0.05, 0.1) is 0 Å². The topological polar surface area (TPSA) is 12.0 Å². The van der Waals surface area contributed by atoms with Crippen molar-refractivity contribution >= 4 is 20.8 Å². The molecule has 184 valence electrons. The third kappa shape index (κ3) is 12.8. The molecule has 3 heteroatoms.